The number of phosphoric ester groups is 2. The van der Waals surface area contributed by atoms with Gasteiger partial charge >= 0.3 is 39.5 Å². The van der Waals surface area contributed by atoms with Gasteiger partial charge in [-0.15, -0.1) is 0 Å². The molecule has 3 unspecified atom stereocenters. The molecule has 17 nitrogen and oxygen atoms in total. The molecule has 19 heteroatoms. The summed E-state index contributed by atoms with van der Waals surface area (Å²) in [7, 11) is -9.93. The Labute approximate surface area is 658 Å². The van der Waals surface area contributed by atoms with Crippen molar-refractivity contribution in [1.29, 1.82) is 0 Å². The highest BCUT2D eigenvalue weighted by Gasteiger charge is 2.31. The molecule has 0 aromatic carbocycles. The zero-order valence-corrected chi connectivity index (χ0v) is 72.2. The molecule has 0 spiro atoms. The van der Waals surface area contributed by atoms with Crippen molar-refractivity contribution < 1.29 is 80.2 Å². The van der Waals surface area contributed by atoms with Gasteiger partial charge in [-0.05, 0) is 37.5 Å². The largest absolute Gasteiger partial charge is 0.472 e. The number of phosphoric acid groups is 2. The van der Waals surface area contributed by atoms with Crippen LogP contribution in [0.4, 0.5) is 0 Å². The molecular weight excluding hydrogens is 1390 g/mol. The highest BCUT2D eigenvalue weighted by atomic mass is 31.2. The van der Waals surface area contributed by atoms with Gasteiger partial charge < -0.3 is 33.8 Å². The fourth-order valence-corrected chi connectivity index (χ4v) is 15.3. The number of hydrogen-bond donors (Lipinski definition) is 3. The summed E-state index contributed by atoms with van der Waals surface area (Å²) in [5.41, 5.74) is 0. The van der Waals surface area contributed by atoms with Crippen LogP contribution >= 0.6 is 15.6 Å². The number of hydrogen-bond acceptors (Lipinski definition) is 15. The first-order valence-corrected chi connectivity index (χ1v) is 48.5. The predicted octanol–water partition coefficient (Wildman–Crippen LogP) is 27.0. The van der Waals surface area contributed by atoms with Crippen LogP contribution in [0.15, 0.2) is 0 Å². The van der Waals surface area contributed by atoms with Crippen LogP contribution in [0.5, 0.6) is 0 Å². The summed E-state index contributed by atoms with van der Waals surface area (Å²) >= 11 is 0. The van der Waals surface area contributed by atoms with Crippen molar-refractivity contribution in [1.82, 2.24) is 0 Å². The summed E-state index contributed by atoms with van der Waals surface area (Å²) < 4.78 is 69.0. The van der Waals surface area contributed by atoms with Gasteiger partial charge in [-0.2, -0.15) is 0 Å². The van der Waals surface area contributed by atoms with Crippen LogP contribution in [-0.2, 0) is 65.4 Å². The third-order valence-corrected chi connectivity index (χ3v) is 23.0. The maximum atomic E-state index is 13.2. The summed E-state index contributed by atoms with van der Waals surface area (Å²) in [6, 6.07) is 0. The minimum atomic E-state index is -4.97. The summed E-state index contributed by atoms with van der Waals surface area (Å²) in [6.45, 7) is 9.69. The zero-order valence-electron chi connectivity index (χ0n) is 70.5. The van der Waals surface area contributed by atoms with Crippen LogP contribution in [0.1, 0.15) is 472 Å². The van der Waals surface area contributed by atoms with Gasteiger partial charge in [-0.25, -0.2) is 9.13 Å². The summed E-state index contributed by atoms with van der Waals surface area (Å²) in [5, 5.41) is 10.7. The average molecular weight is 1560 g/mol. The van der Waals surface area contributed by atoms with E-state index in [4.69, 9.17) is 37.0 Å². The molecule has 0 aromatic rings. The van der Waals surface area contributed by atoms with Crippen molar-refractivity contribution in [3.05, 3.63) is 0 Å². The van der Waals surface area contributed by atoms with Crippen molar-refractivity contribution in [3.63, 3.8) is 0 Å². The molecule has 0 saturated carbocycles. The van der Waals surface area contributed by atoms with Gasteiger partial charge in [-0.3, -0.25) is 37.3 Å². The highest BCUT2D eigenvalue weighted by molar-refractivity contribution is 7.47. The Hall–Kier alpha value is -1.94. The van der Waals surface area contributed by atoms with E-state index in [-0.39, 0.29) is 25.7 Å². The van der Waals surface area contributed by atoms with Gasteiger partial charge in [-0.1, -0.05) is 420 Å². The minimum absolute atomic E-state index is 0.107. The lowest BCUT2D eigenvalue weighted by Crippen LogP contribution is -2.30. The maximum Gasteiger partial charge on any atom is 0.472 e. The molecule has 3 N–H and O–H groups in total. The molecule has 0 saturated heterocycles. The van der Waals surface area contributed by atoms with Crippen molar-refractivity contribution in [2.75, 3.05) is 39.6 Å². The highest BCUT2D eigenvalue weighted by Crippen LogP contribution is 2.45. The molecule has 0 aromatic heterocycles. The summed E-state index contributed by atoms with van der Waals surface area (Å²) in [4.78, 5) is 73.3. The molecule has 0 rings (SSSR count). The molecular formula is C88H172O17P2. The first-order valence-electron chi connectivity index (χ1n) is 45.5. The second-order valence-corrected chi connectivity index (χ2v) is 35.3. The number of unbranched alkanes of at least 4 members (excludes halogenated alkanes) is 56. The minimum Gasteiger partial charge on any atom is -0.462 e. The van der Waals surface area contributed by atoms with E-state index in [1.54, 1.807) is 0 Å². The van der Waals surface area contributed by atoms with Crippen molar-refractivity contribution in [2.24, 2.45) is 11.8 Å². The van der Waals surface area contributed by atoms with Crippen LogP contribution < -0.4 is 0 Å². The molecule has 0 radical (unpaired) electrons. The standard InChI is InChI=1S/C88H172O17P2/c1-7-10-12-14-16-18-20-22-24-26-28-29-31-33-35-37-42-46-54-60-66-72-87(92)104-83(76-98-85(90)70-64-58-52-45-41-36-34-32-30-27-25-23-21-19-17-15-13-11-8-2)78-102-106(94,95)100-74-82(89)75-101-107(96,97)103-79-84(77-99-86(91)71-65-59-53-49-48-51-57-63-69-81(6)9-3)105-88(93)73-67-61-55-47-43-39-38-40-44-50-56-62-68-80(4)5/h80-84,89H,7-79H2,1-6H3,(H,94,95)(H,96,97)/t81?,82-,83-,84-/m1/s1. The first kappa shape index (κ1) is 105. The monoisotopic (exact) mass is 1560 g/mol. The molecule has 0 aliphatic heterocycles. The SMILES string of the molecule is CCCCCCCCCCCCCCCCCCCCCCCC(=O)O[C@H](COC(=O)CCCCCCCCCCCCCCCCCCCCC)COP(=O)(O)OC[C@@H](O)COP(=O)(O)OC[C@@H](COC(=O)CCCCCCCCCCC(C)CC)OC(=O)CCCCCCCCCCCCCCC(C)C. The topological polar surface area (TPSA) is 237 Å². The number of aliphatic hydroxyl groups is 1. The van der Waals surface area contributed by atoms with E-state index >= 15 is 0 Å². The molecule has 107 heavy (non-hydrogen) atoms. The Bertz CT molecular complexity index is 2050. The fraction of sp³-hybridized carbons (Fsp3) is 0.955. The Morgan fingerprint density at radius 1 is 0.271 bits per heavy atom. The van der Waals surface area contributed by atoms with Gasteiger partial charge in [0, 0.05) is 25.7 Å². The quantitative estimate of drug-likeness (QED) is 0.0222. The van der Waals surface area contributed by atoms with Gasteiger partial charge in [0.25, 0.3) is 0 Å². The number of esters is 4. The van der Waals surface area contributed by atoms with E-state index in [9.17, 15) is 43.2 Å². The lowest BCUT2D eigenvalue weighted by atomic mass is 9.99. The summed E-state index contributed by atoms with van der Waals surface area (Å²) in [6.07, 6.45) is 72.2. The maximum absolute atomic E-state index is 13.2. The fourth-order valence-electron chi connectivity index (χ4n) is 13.7. The Balaban J connectivity index is 5.25. The number of carbonyl (C=O) groups is 4. The Kier molecular flexibility index (Phi) is 77.9. The van der Waals surface area contributed by atoms with Gasteiger partial charge in [0.15, 0.2) is 12.2 Å². The van der Waals surface area contributed by atoms with Gasteiger partial charge in [0.1, 0.15) is 19.3 Å². The van der Waals surface area contributed by atoms with Gasteiger partial charge in [0.05, 0.1) is 26.4 Å². The van der Waals surface area contributed by atoms with Crippen molar-refractivity contribution in [2.45, 2.75) is 490 Å². The number of rotatable bonds is 87. The number of ether oxygens (including phenoxy) is 4. The van der Waals surface area contributed by atoms with E-state index in [0.29, 0.717) is 25.7 Å². The average Bonchev–Trinajstić information content (AvgIpc) is 0.919. The lowest BCUT2D eigenvalue weighted by molar-refractivity contribution is -0.161. The van der Waals surface area contributed by atoms with Gasteiger partial charge in [0.2, 0.25) is 0 Å². The molecule has 6 atom stereocenters. The second-order valence-electron chi connectivity index (χ2n) is 32.4. The Morgan fingerprint density at radius 2 is 0.477 bits per heavy atom. The van der Waals surface area contributed by atoms with E-state index in [1.807, 2.05) is 0 Å². The first-order chi connectivity index (χ1) is 51.9. The van der Waals surface area contributed by atoms with Crippen LogP contribution in [0.25, 0.3) is 0 Å². The third-order valence-electron chi connectivity index (χ3n) is 21.1. The van der Waals surface area contributed by atoms with Crippen LogP contribution in [0.2, 0.25) is 0 Å². The number of aliphatic hydroxyl groups excluding tert-OH is 1. The molecule has 636 valence electrons. The Morgan fingerprint density at radius 3 is 0.710 bits per heavy atom. The molecule has 0 amide bonds. The van der Waals surface area contributed by atoms with E-state index in [1.165, 1.54) is 289 Å². The van der Waals surface area contributed by atoms with Crippen LogP contribution in [0, 0.1) is 11.8 Å². The molecule has 0 fully saturated rings. The third kappa shape index (κ3) is 80.5. The van der Waals surface area contributed by atoms with E-state index in [0.717, 1.165) is 102 Å². The van der Waals surface area contributed by atoms with Crippen molar-refractivity contribution in [3.8, 4) is 0 Å². The summed E-state index contributed by atoms with van der Waals surface area (Å²) in [5.74, 6) is -0.546. The molecule has 0 aliphatic carbocycles. The van der Waals surface area contributed by atoms with E-state index in [2.05, 4.69) is 41.5 Å². The lowest BCUT2D eigenvalue weighted by Gasteiger charge is -2.21. The number of carbonyl (C=O) groups excluding carboxylic acids is 4. The molecule has 0 heterocycles. The second kappa shape index (κ2) is 79.3. The van der Waals surface area contributed by atoms with Crippen LogP contribution in [-0.4, -0.2) is 96.7 Å². The van der Waals surface area contributed by atoms with Crippen LogP contribution in [0.3, 0.4) is 0 Å². The van der Waals surface area contributed by atoms with Crippen molar-refractivity contribution >= 4 is 39.5 Å². The molecule has 0 aliphatic rings. The normalized spacial score (nSPS) is 14.0. The van der Waals surface area contributed by atoms with E-state index < -0.39 is 97.5 Å². The predicted molar refractivity (Wildman–Crippen MR) is 442 cm³/mol. The smallest absolute Gasteiger partial charge is 0.462 e. The zero-order chi connectivity index (χ0) is 78.5. The molecule has 0 bridgehead atoms.